The van der Waals surface area contributed by atoms with Crippen molar-refractivity contribution in [2.24, 2.45) is 7.05 Å². The summed E-state index contributed by atoms with van der Waals surface area (Å²) in [6, 6.07) is 11.7. The molecule has 0 aliphatic carbocycles. The number of aryl methyl sites for hydroxylation is 1. The Morgan fingerprint density at radius 3 is 2.44 bits per heavy atom. The van der Waals surface area contributed by atoms with Gasteiger partial charge in [0.1, 0.15) is 11.9 Å². The van der Waals surface area contributed by atoms with Crippen LogP contribution in [0.4, 0.5) is 8.78 Å². The molecule has 5 nitrogen and oxygen atoms in total. The van der Waals surface area contributed by atoms with Gasteiger partial charge in [0.25, 0.3) is 5.91 Å². The molecule has 1 amide bonds. The molecule has 0 unspecified atom stereocenters. The summed E-state index contributed by atoms with van der Waals surface area (Å²) in [7, 11) is 3.19. The number of aromatic nitrogens is 2. The molecule has 1 heterocycles. The van der Waals surface area contributed by atoms with Crippen molar-refractivity contribution in [3.63, 3.8) is 0 Å². The van der Waals surface area contributed by atoms with Gasteiger partial charge in [-0.05, 0) is 23.3 Å². The van der Waals surface area contributed by atoms with Crippen LogP contribution in [0.5, 0.6) is 0 Å². The highest BCUT2D eigenvalue weighted by Crippen LogP contribution is 2.25. The lowest BCUT2D eigenvalue weighted by atomic mass is 10.0. The molecule has 0 aliphatic heterocycles. The van der Waals surface area contributed by atoms with E-state index in [0.29, 0.717) is 17.0 Å². The van der Waals surface area contributed by atoms with Gasteiger partial charge in [-0.1, -0.05) is 36.4 Å². The fraction of sp³-hybridized carbons (Fsp3) is 0.200. The number of methoxy groups -OCH3 is 1. The van der Waals surface area contributed by atoms with Crippen molar-refractivity contribution in [1.29, 1.82) is 0 Å². The number of nitrogens with zero attached hydrogens (tertiary/aromatic N) is 2. The fourth-order valence-corrected chi connectivity index (χ4v) is 2.88. The Hall–Kier alpha value is -3.06. The first kappa shape index (κ1) is 18.7. The quantitative estimate of drug-likeness (QED) is 0.723. The standard InChI is InChI=1S/C20H19F2N3O2/c1-25-11-10-23-19(25)17(14-8-9-15(21)16(22)12-14)24-20(26)18(27-2)13-6-4-3-5-7-13/h3-12,17-18H,1-2H3,(H,24,26)/t17-,18+/m0/s1. The van der Waals surface area contributed by atoms with Gasteiger partial charge >= 0.3 is 0 Å². The molecular weight excluding hydrogens is 352 g/mol. The van der Waals surface area contributed by atoms with Crippen molar-refractivity contribution in [1.82, 2.24) is 14.9 Å². The van der Waals surface area contributed by atoms with Gasteiger partial charge in [-0.15, -0.1) is 0 Å². The second kappa shape index (κ2) is 8.09. The summed E-state index contributed by atoms with van der Waals surface area (Å²) in [5.74, 6) is -1.88. The number of carbonyl (C=O) groups excluding carboxylic acids is 1. The zero-order valence-electron chi connectivity index (χ0n) is 14.9. The number of hydrogen-bond donors (Lipinski definition) is 1. The maximum Gasteiger partial charge on any atom is 0.254 e. The average molecular weight is 371 g/mol. The first-order chi connectivity index (χ1) is 13.0. The summed E-state index contributed by atoms with van der Waals surface area (Å²) < 4.78 is 34.2. The highest BCUT2D eigenvalue weighted by Gasteiger charge is 2.27. The second-order valence-electron chi connectivity index (χ2n) is 6.04. The summed E-state index contributed by atoms with van der Waals surface area (Å²) in [5.41, 5.74) is 1.06. The predicted molar refractivity (Wildman–Crippen MR) is 95.7 cm³/mol. The van der Waals surface area contributed by atoms with E-state index in [1.165, 1.54) is 13.2 Å². The zero-order valence-corrected chi connectivity index (χ0v) is 14.9. The van der Waals surface area contributed by atoms with Crippen LogP contribution in [-0.2, 0) is 16.6 Å². The molecular formula is C20H19F2N3O2. The average Bonchev–Trinajstić information content (AvgIpc) is 3.09. The summed E-state index contributed by atoms with van der Waals surface area (Å²) >= 11 is 0. The molecule has 0 bridgehead atoms. The molecule has 0 saturated heterocycles. The van der Waals surface area contributed by atoms with E-state index in [-0.39, 0.29) is 0 Å². The van der Waals surface area contributed by atoms with Gasteiger partial charge in [0.15, 0.2) is 17.7 Å². The first-order valence-corrected chi connectivity index (χ1v) is 8.31. The SMILES string of the molecule is CO[C@@H](C(=O)N[C@@H](c1ccc(F)c(F)c1)c1nccn1C)c1ccccc1. The van der Waals surface area contributed by atoms with Crippen molar-refractivity contribution in [3.05, 3.63) is 89.5 Å². The van der Waals surface area contributed by atoms with E-state index in [9.17, 15) is 13.6 Å². The number of nitrogens with one attached hydrogen (secondary N) is 1. The lowest BCUT2D eigenvalue weighted by molar-refractivity contribution is -0.132. The molecule has 0 fully saturated rings. The van der Waals surface area contributed by atoms with E-state index >= 15 is 0 Å². The summed E-state index contributed by atoms with van der Waals surface area (Å²) in [5, 5.41) is 2.84. The van der Waals surface area contributed by atoms with Gasteiger partial charge in [0, 0.05) is 26.6 Å². The molecule has 0 spiro atoms. The van der Waals surface area contributed by atoms with Crippen molar-refractivity contribution in [3.8, 4) is 0 Å². The number of benzene rings is 2. The fourth-order valence-electron chi connectivity index (χ4n) is 2.88. The second-order valence-corrected chi connectivity index (χ2v) is 6.04. The number of imidazole rings is 1. The topological polar surface area (TPSA) is 56.1 Å². The van der Waals surface area contributed by atoms with E-state index in [2.05, 4.69) is 10.3 Å². The molecule has 0 saturated carbocycles. The molecule has 1 N–H and O–H groups in total. The molecule has 0 radical (unpaired) electrons. The van der Waals surface area contributed by atoms with Gasteiger partial charge in [0.05, 0.1) is 0 Å². The number of ether oxygens (including phenoxy) is 1. The minimum absolute atomic E-state index is 0.375. The van der Waals surface area contributed by atoms with Crippen molar-refractivity contribution in [2.45, 2.75) is 12.1 Å². The molecule has 2 aromatic carbocycles. The van der Waals surface area contributed by atoms with Gasteiger partial charge in [-0.3, -0.25) is 4.79 Å². The van der Waals surface area contributed by atoms with Crippen LogP contribution in [-0.4, -0.2) is 22.6 Å². The first-order valence-electron chi connectivity index (χ1n) is 8.31. The lowest BCUT2D eigenvalue weighted by Gasteiger charge is -2.23. The van der Waals surface area contributed by atoms with Crippen LogP contribution in [0.3, 0.4) is 0 Å². The Labute approximate surface area is 155 Å². The zero-order chi connectivity index (χ0) is 19.4. The van der Waals surface area contributed by atoms with Crippen LogP contribution in [0.15, 0.2) is 60.9 Å². The molecule has 0 aliphatic rings. The van der Waals surface area contributed by atoms with Gasteiger partial charge in [-0.25, -0.2) is 13.8 Å². The number of rotatable bonds is 6. The normalized spacial score (nSPS) is 13.2. The lowest BCUT2D eigenvalue weighted by Crippen LogP contribution is -2.35. The van der Waals surface area contributed by atoms with Crippen LogP contribution < -0.4 is 5.32 Å². The van der Waals surface area contributed by atoms with E-state index < -0.39 is 29.7 Å². The van der Waals surface area contributed by atoms with Crippen LogP contribution >= 0.6 is 0 Å². The third kappa shape index (κ3) is 4.03. The summed E-state index contributed by atoms with van der Waals surface area (Å²) in [6.07, 6.45) is 2.43. The third-order valence-electron chi connectivity index (χ3n) is 4.26. The Morgan fingerprint density at radius 2 is 1.85 bits per heavy atom. The Morgan fingerprint density at radius 1 is 1.11 bits per heavy atom. The van der Waals surface area contributed by atoms with Crippen LogP contribution in [0.1, 0.15) is 29.1 Å². The smallest absolute Gasteiger partial charge is 0.254 e. The van der Waals surface area contributed by atoms with E-state index in [1.54, 1.807) is 48.3 Å². The summed E-state index contributed by atoms with van der Waals surface area (Å²) in [4.78, 5) is 17.1. The maximum absolute atomic E-state index is 13.8. The number of carbonyl (C=O) groups is 1. The predicted octanol–water partition coefficient (Wildman–Crippen LogP) is 3.29. The van der Waals surface area contributed by atoms with Gasteiger partial charge in [-0.2, -0.15) is 0 Å². The van der Waals surface area contributed by atoms with E-state index in [1.807, 2.05) is 6.07 Å². The summed E-state index contributed by atoms with van der Waals surface area (Å²) in [6.45, 7) is 0. The highest BCUT2D eigenvalue weighted by molar-refractivity contribution is 5.83. The van der Waals surface area contributed by atoms with Crippen LogP contribution in [0, 0.1) is 11.6 Å². The van der Waals surface area contributed by atoms with Gasteiger partial charge in [0.2, 0.25) is 0 Å². The van der Waals surface area contributed by atoms with E-state index in [0.717, 1.165) is 12.1 Å². The molecule has 1 aromatic heterocycles. The molecule has 3 rings (SSSR count). The minimum atomic E-state index is -0.993. The number of amides is 1. The minimum Gasteiger partial charge on any atom is -0.367 e. The van der Waals surface area contributed by atoms with Crippen LogP contribution in [0.2, 0.25) is 0 Å². The van der Waals surface area contributed by atoms with Crippen LogP contribution in [0.25, 0.3) is 0 Å². The maximum atomic E-state index is 13.8. The molecule has 140 valence electrons. The number of halogens is 2. The van der Waals surface area contributed by atoms with Gasteiger partial charge < -0.3 is 14.6 Å². The largest absolute Gasteiger partial charge is 0.367 e. The third-order valence-corrected chi connectivity index (χ3v) is 4.26. The van der Waals surface area contributed by atoms with Crippen molar-refractivity contribution in [2.75, 3.05) is 7.11 Å². The Kier molecular flexibility index (Phi) is 5.61. The molecule has 2 atom stereocenters. The van der Waals surface area contributed by atoms with Crippen molar-refractivity contribution < 1.29 is 18.3 Å². The molecule has 3 aromatic rings. The van der Waals surface area contributed by atoms with E-state index in [4.69, 9.17) is 4.74 Å². The Balaban J connectivity index is 1.95. The Bertz CT molecular complexity index is 928. The van der Waals surface area contributed by atoms with Crippen molar-refractivity contribution >= 4 is 5.91 Å². The number of hydrogen-bond acceptors (Lipinski definition) is 3. The molecule has 7 heteroatoms. The highest BCUT2D eigenvalue weighted by atomic mass is 19.2. The molecule has 27 heavy (non-hydrogen) atoms. The monoisotopic (exact) mass is 371 g/mol.